The number of esters is 1. The normalized spacial score (nSPS) is 10.8. The Labute approximate surface area is 204 Å². The molecule has 0 aliphatic heterocycles. The summed E-state index contributed by atoms with van der Waals surface area (Å²) in [5, 5.41) is 17.8. The summed E-state index contributed by atoms with van der Waals surface area (Å²) in [6.07, 6.45) is 1.60. The minimum atomic E-state index is -0.726. The van der Waals surface area contributed by atoms with Crippen LogP contribution in [0, 0.1) is 10.1 Å². The highest BCUT2D eigenvalue weighted by atomic mass is 32.1. The van der Waals surface area contributed by atoms with Gasteiger partial charge in [0.05, 0.1) is 29.0 Å². The highest BCUT2D eigenvalue weighted by Gasteiger charge is 2.16. The van der Waals surface area contributed by atoms with E-state index in [1.165, 1.54) is 29.5 Å². The lowest BCUT2D eigenvalue weighted by atomic mass is 10.2. The molecule has 0 atom stereocenters. The minimum Gasteiger partial charge on any atom is -0.490 e. The molecule has 0 aliphatic rings. The fourth-order valence-electron chi connectivity index (χ4n) is 3.09. The topological polar surface area (TPSA) is 116 Å². The van der Waals surface area contributed by atoms with Crippen LogP contribution in [0.25, 0.3) is 11.3 Å². The van der Waals surface area contributed by atoms with Crippen LogP contribution in [0.5, 0.6) is 11.5 Å². The van der Waals surface area contributed by atoms with Gasteiger partial charge < -0.3 is 9.47 Å². The van der Waals surface area contributed by atoms with E-state index in [-0.39, 0.29) is 17.0 Å². The van der Waals surface area contributed by atoms with Gasteiger partial charge in [0.1, 0.15) is 0 Å². The Kier molecular flexibility index (Phi) is 7.44. The highest BCUT2D eigenvalue weighted by Crippen LogP contribution is 2.29. The number of ether oxygens (including phenoxy) is 2. The van der Waals surface area contributed by atoms with Crippen LogP contribution in [0.4, 0.5) is 10.8 Å². The average Bonchev–Trinajstić information content (AvgIpc) is 3.35. The number of carbonyl (C=O) groups excluding carboxylic acids is 1. The number of nitro groups is 1. The second-order valence-corrected chi connectivity index (χ2v) is 7.97. The number of non-ortho nitro benzene ring substituents is 1. The standard InChI is InChI=1S/C25H20N4O5S/c1-2-33-23-13-17(15-26-28-25-27-21(16-35-25)18-7-4-3-5-8-18)11-12-22(23)34-24(30)19-9-6-10-20(14-19)29(31)32/h3-16H,2H2,1H3,(H,27,28)/b26-15-. The van der Waals surface area contributed by atoms with Gasteiger partial charge in [-0.05, 0) is 36.8 Å². The van der Waals surface area contributed by atoms with E-state index < -0.39 is 10.9 Å². The third kappa shape index (κ3) is 6.06. The van der Waals surface area contributed by atoms with Crippen molar-refractivity contribution in [3.05, 3.63) is 99.4 Å². The first-order chi connectivity index (χ1) is 17.0. The molecule has 1 N–H and O–H groups in total. The third-order valence-corrected chi connectivity index (χ3v) is 5.46. The van der Waals surface area contributed by atoms with E-state index in [1.807, 2.05) is 35.7 Å². The maximum Gasteiger partial charge on any atom is 0.343 e. The summed E-state index contributed by atoms with van der Waals surface area (Å²) in [7, 11) is 0. The number of aromatic nitrogens is 1. The van der Waals surface area contributed by atoms with Crippen LogP contribution in [0.15, 0.2) is 83.3 Å². The van der Waals surface area contributed by atoms with E-state index in [1.54, 1.807) is 31.3 Å². The van der Waals surface area contributed by atoms with Crippen LogP contribution in [0.2, 0.25) is 0 Å². The molecule has 0 aliphatic carbocycles. The summed E-state index contributed by atoms with van der Waals surface area (Å²) in [6.45, 7) is 2.16. The predicted molar refractivity (Wildman–Crippen MR) is 134 cm³/mol. The Morgan fingerprint density at radius 1 is 1.11 bits per heavy atom. The molecule has 176 valence electrons. The summed E-state index contributed by atoms with van der Waals surface area (Å²) < 4.78 is 11.1. The molecule has 0 unspecified atom stereocenters. The van der Waals surface area contributed by atoms with Gasteiger partial charge >= 0.3 is 5.97 Å². The smallest absolute Gasteiger partial charge is 0.343 e. The van der Waals surface area contributed by atoms with E-state index in [9.17, 15) is 14.9 Å². The number of carbonyl (C=O) groups is 1. The quantitative estimate of drug-likeness (QED) is 0.104. The number of rotatable bonds is 9. The first-order valence-corrected chi connectivity index (χ1v) is 11.4. The van der Waals surface area contributed by atoms with Crippen molar-refractivity contribution in [2.75, 3.05) is 12.0 Å². The predicted octanol–water partition coefficient (Wildman–Crippen LogP) is 5.78. The summed E-state index contributed by atoms with van der Waals surface area (Å²) in [5.41, 5.74) is 5.38. The second-order valence-electron chi connectivity index (χ2n) is 7.11. The number of thiazole rings is 1. The van der Waals surface area contributed by atoms with Crippen LogP contribution in [-0.4, -0.2) is 28.7 Å². The van der Waals surface area contributed by atoms with E-state index in [2.05, 4.69) is 15.5 Å². The first-order valence-electron chi connectivity index (χ1n) is 10.6. The summed E-state index contributed by atoms with van der Waals surface area (Å²) in [6, 6.07) is 20.2. The molecular weight excluding hydrogens is 468 g/mol. The maximum absolute atomic E-state index is 12.5. The Bertz CT molecular complexity index is 1370. The van der Waals surface area contributed by atoms with Crippen LogP contribution in [-0.2, 0) is 0 Å². The van der Waals surface area contributed by atoms with Gasteiger partial charge in [-0.2, -0.15) is 5.10 Å². The Balaban J connectivity index is 1.45. The van der Waals surface area contributed by atoms with Gasteiger partial charge in [0.15, 0.2) is 11.5 Å². The molecule has 0 saturated carbocycles. The van der Waals surface area contributed by atoms with E-state index >= 15 is 0 Å². The van der Waals surface area contributed by atoms with Gasteiger partial charge in [0.25, 0.3) is 5.69 Å². The monoisotopic (exact) mass is 488 g/mol. The lowest BCUT2D eigenvalue weighted by Gasteiger charge is -2.11. The second kappa shape index (κ2) is 11.0. The fraction of sp³-hybridized carbons (Fsp3) is 0.0800. The van der Waals surface area contributed by atoms with Crippen molar-refractivity contribution < 1.29 is 19.2 Å². The lowest BCUT2D eigenvalue weighted by molar-refractivity contribution is -0.384. The van der Waals surface area contributed by atoms with Gasteiger partial charge in [-0.25, -0.2) is 9.78 Å². The molecule has 0 bridgehead atoms. The average molecular weight is 489 g/mol. The number of nitrogens with zero attached hydrogens (tertiary/aromatic N) is 3. The molecule has 1 aromatic heterocycles. The van der Waals surface area contributed by atoms with Crippen molar-refractivity contribution in [3.8, 4) is 22.8 Å². The maximum atomic E-state index is 12.5. The van der Waals surface area contributed by atoms with Crippen LogP contribution < -0.4 is 14.9 Å². The molecule has 0 fully saturated rings. The molecule has 4 aromatic rings. The van der Waals surface area contributed by atoms with E-state index in [4.69, 9.17) is 9.47 Å². The number of nitro benzene ring substituents is 1. The highest BCUT2D eigenvalue weighted by molar-refractivity contribution is 7.14. The van der Waals surface area contributed by atoms with Gasteiger partial charge in [-0.1, -0.05) is 36.4 Å². The fourth-order valence-corrected chi connectivity index (χ4v) is 3.76. The zero-order valence-electron chi connectivity index (χ0n) is 18.6. The molecule has 0 saturated heterocycles. The zero-order chi connectivity index (χ0) is 24.6. The van der Waals surface area contributed by atoms with E-state index in [0.29, 0.717) is 23.1 Å². The molecule has 3 aromatic carbocycles. The van der Waals surface area contributed by atoms with Crippen LogP contribution in [0.1, 0.15) is 22.8 Å². The third-order valence-electron chi connectivity index (χ3n) is 4.71. The van der Waals surface area contributed by atoms with Gasteiger partial charge in [-0.3, -0.25) is 15.5 Å². The molecule has 4 rings (SSSR count). The van der Waals surface area contributed by atoms with Gasteiger partial charge in [-0.15, -0.1) is 11.3 Å². The number of hydrogen-bond acceptors (Lipinski definition) is 9. The van der Waals surface area contributed by atoms with Crippen molar-refractivity contribution in [1.82, 2.24) is 4.98 Å². The van der Waals surface area contributed by atoms with Crippen molar-refractivity contribution in [3.63, 3.8) is 0 Å². The van der Waals surface area contributed by atoms with Crippen molar-refractivity contribution in [2.45, 2.75) is 6.92 Å². The summed E-state index contributed by atoms with van der Waals surface area (Å²) in [4.78, 5) is 27.4. The van der Waals surface area contributed by atoms with Crippen molar-refractivity contribution >= 4 is 34.3 Å². The van der Waals surface area contributed by atoms with Crippen molar-refractivity contribution in [2.24, 2.45) is 5.10 Å². The Hall–Kier alpha value is -4.57. The summed E-state index contributed by atoms with van der Waals surface area (Å²) >= 11 is 1.44. The number of hydrogen-bond donors (Lipinski definition) is 1. The molecule has 0 spiro atoms. The number of nitrogens with one attached hydrogen (secondary N) is 1. The minimum absolute atomic E-state index is 0.0646. The molecule has 9 nitrogen and oxygen atoms in total. The van der Waals surface area contributed by atoms with Crippen molar-refractivity contribution in [1.29, 1.82) is 0 Å². The number of hydrazone groups is 1. The largest absolute Gasteiger partial charge is 0.490 e. The lowest BCUT2D eigenvalue weighted by Crippen LogP contribution is -2.10. The van der Waals surface area contributed by atoms with Gasteiger partial charge in [0, 0.05) is 23.1 Å². The zero-order valence-corrected chi connectivity index (χ0v) is 19.4. The van der Waals surface area contributed by atoms with Crippen LogP contribution >= 0.6 is 11.3 Å². The SMILES string of the molecule is CCOc1cc(/C=N\Nc2nc(-c3ccccc3)cs2)ccc1OC(=O)c1cccc([N+](=O)[O-])c1. The number of anilines is 1. The van der Waals surface area contributed by atoms with Gasteiger partial charge in [0.2, 0.25) is 5.13 Å². The van der Waals surface area contributed by atoms with Crippen LogP contribution in [0.3, 0.4) is 0 Å². The Morgan fingerprint density at radius 3 is 2.71 bits per heavy atom. The number of benzene rings is 3. The first kappa shape index (κ1) is 23.6. The molecule has 10 heteroatoms. The molecule has 1 heterocycles. The van der Waals surface area contributed by atoms with E-state index in [0.717, 1.165) is 17.3 Å². The summed E-state index contributed by atoms with van der Waals surface area (Å²) in [5.74, 6) is -0.188. The molecule has 35 heavy (non-hydrogen) atoms. The molecule has 0 amide bonds. The Morgan fingerprint density at radius 2 is 1.94 bits per heavy atom. The molecule has 0 radical (unpaired) electrons. The molecular formula is C25H20N4O5S.